The number of carbonyl (C=O) groups excluding carboxylic acids is 3. The van der Waals surface area contributed by atoms with E-state index in [4.69, 9.17) is 4.74 Å². The van der Waals surface area contributed by atoms with Crippen LogP contribution in [0.1, 0.15) is 56.0 Å². The molecule has 2 aromatic carbocycles. The van der Waals surface area contributed by atoms with Crippen LogP contribution >= 0.6 is 0 Å². The monoisotopic (exact) mass is 351 g/mol. The van der Waals surface area contributed by atoms with Crippen molar-refractivity contribution in [3.05, 3.63) is 64.2 Å². The van der Waals surface area contributed by atoms with Crippen molar-refractivity contribution in [2.45, 2.75) is 33.7 Å². The number of rotatable bonds is 5. The minimum Gasteiger partial charge on any atom is -0.491 e. The standard InChI is InChI=1S/C21H21NO4/c1-12-9-10-16(15(4)23)14(3)19(12)26-11-13(2)22-20(24)17-7-5-6-8-18(17)21(22)25/h5-10,13H,11H2,1-4H3/t13-/m1/s1. The number of Topliss-reactive ketones (excluding diaryl/α,β-unsaturated/α-hetero) is 1. The molecule has 1 aliphatic rings. The molecule has 1 aliphatic heterocycles. The highest BCUT2D eigenvalue weighted by Crippen LogP contribution is 2.28. The normalized spacial score (nSPS) is 14.4. The van der Waals surface area contributed by atoms with Gasteiger partial charge in [0.1, 0.15) is 12.4 Å². The summed E-state index contributed by atoms with van der Waals surface area (Å²) in [4.78, 5) is 38.1. The number of ketones is 1. The Morgan fingerprint density at radius 2 is 1.62 bits per heavy atom. The number of nitrogens with zero attached hydrogens (tertiary/aromatic N) is 1. The van der Waals surface area contributed by atoms with Crippen molar-refractivity contribution in [2.24, 2.45) is 0 Å². The summed E-state index contributed by atoms with van der Waals surface area (Å²) in [6.07, 6.45) is 0. The van der Waals surface area contributed by atoms with E-state index >= 15 is 0 Å². The number of carbonyl (C=O) groups is 3. The zero-order chi connectivity index (χ0) is 19.0. The molecule has 2 aromatic rings. The van der Waals surface area contributed by atoms with E-state index in [1.54, 1.807) is 37.3 Å². The van der Waals surface area contributed by atoms with Gasteiger partial charge in [-0.05, 0) is 45.4 Å². The second kappa shape index (κ2) is 6.75. The second-order valence-electron chi connectivity index (χ2n) is 6.63. The Balaban J connectivity index is 1.80. The number of aryl methyl sites for hydroxylation is 1. The first-order valence-electron chi connectivity index (χ1n) is 8.53. The van der Waals surface area contributed by atoms with Crippen molar-refractivity contribution in [1.29, 1.82) is 0 Å². The summed E-state index contributed by atoms with van der Waals surface area (Å²) < 4.78 is 5.93. The minimum atomic E-state index is -0.429. The first kappa shape index (κ1) is 17.9. The van der Waals surface area contributed by atoms with E-state index in [9.17, 15) is 14.4 Å². The van der Waals surface area contributed by atoms with Crippen molar-refractivity contribution in [3.63, 3.8) is 0 Å². The van der Waals surface area contributed by atoms with Gasteiger partial charge < -0.3 is 4.74 Å². The van der Waals surface area contributed by atoms with Gasteiger partial charge in [0.25, 0.3) is 11.8 Å². The molecule has 0 aliphatic carbocycles. The molecule has 0 aromatic heterocycles. The summed E-state index contributed by atoms with van der Waals surface area (Å²) in [7, 11) is 0. The number of benzene rings is 2. The summed E-state index contributed by atoms with van der Waals surface area (Å²) in [5.74, 6) is 0.00201. The SMILES string of the molecule is CC(=O)c1ccc(C)c(OC[C@@H](C)N2C(=O)c3ccccc3C2=O)c1C. The number of ether oxygens (including phenoxy) is 1. The predicted molar refractivity (Wildman–Crippen MR) is 97.8 cm³/mol. The smallest absolute Gasteiger partial charge is 0.261 e. The van der Waals surface area contributed by atoms with Crippen molar-refractivity contribution in [3.8, 4) is 5.75 Å². The molecular formula is C21H21NO4. The fraction of sp³-hybridized carbons (Fsp3) is 0.286. The number of fused-ring (bicyclic) bond motifs is 1. The highest BCUT2D eigenvalue weighted by atomic mass is 16.5. The van der Waals surface area contributed by atoms with Crippen LogP contribution in [0.25, 0.3) is 0 Å². The maximum Gasteiger partial charge on any atom is 0.261 e. The zero-order valence-corrected chi connectivity index (χ0v) is 15.3. The maximum atomic E-state index is 12.5. The molecule has 5 heteroatoms. The van der Waals surface area contributed by atoms with E-state index in [0.717, 1.165) is 11.1 Å². The highest BCUT2D eigenvalue weighted by molar-refractivity contribution is 6.21. The molecule has 0 unspecified atom stereocenters. The molecule has 5 nitrogen and oxygen atoms in total. The Morgan fingerprint density at radius 1 is 1.04 bits per heavy atom. The van der Waals surface area contributed by atoms with Crippen LogP contribution in [0, 0.1) is 13.8 Å². The third-order valence-corrected chi connectivity index (χ3v) is 4.72. The average Bonchev–Trinajstić information content (AvgIpc) is 2.85. The van der Waals surface area contributed by atoms with E-state index in [1.807, 2.05) is 19.9 Å². The third kappa shape index (κ3) is 2.90. The van der Waals surface area contributed by atoms with E-state index in [2.05, 4.69) is 0 Å². The van der Waals surface area contributed by atoms with Crippen LogP contribution in [0.3, 0.4) is 0 Å². The van der Waals surface area contributed by atoms with E-state index in [-0.39, 0.29) is 24.2 Å². The molecule has 2 amide bonds. The van der Waals surface area contributed by atoms with Gasteiger partial charge in [0.2, 0.25) is 0 Å². The van der Waals surface area contributed by atoms with E-state index < -0.39 is 6.04 Å². The van der Waals surface area contributed by atoms with Gasteiger partial charge in [-0.1, -0.05) is 24.3 Å². The maximum absolute atomic E-state index is 12.5. The Morgan fingerprint density at radius 3 is 2.15 bits per heavy atom. The van der Waals surface area contributed by atoms with Crippen molar-refractivity contribution in [2.75, 3.05) is 6.61 Å². The fourth-order valence-electron chi connectivity index (χ4n) is 3.32. The molecule has 134 valence electrons. The van der Waals surface area contributed by atoms with Gasteiger partial charge >= 0.3 is 0 Å². The highest BCUT2D eigenvalue weighted by Gasteiger charge is 2.38. The number of hydrogen-bond acceptors (Lipinski definition) is 4. The van der Waals surface area contributed by atoms with Crippen molar-refractivity contribution in [1.82, 2.24) is 4.90 Å². The van der Waals surface area contributed by atoms with E-state index in [1.165, 1.54) is 11.8 Å². The summed E-state index contributed by atoms with van der Waals surface area (Å²) in [5, 5.41) is 0. The van der Waals surface area contributed by atoms with Crippen LogP contribution < -0.4 is 4.74 Å². The van der Waals surface area contributed by atoms with E-state index in [0.29, 0.717) is 22.4 Å². The summed E-state index contributed by atoms with van der Waals surface area (Å²) >= 11 is 0. The van der Waals surface area contributed by atoms with Crippen LogP contribution in [-0.4, -0.2) is 35.1 Å². The summed E-state index contributed by atoms with van der Waals surface area (Å²) in [6.45, 7) is 7.20. The van der Waals surface area contributed by atoms with Gasteiger partial charge in [0.15, 0.2) is 5.78 Å². The Labute approximate surface area is 152 Å². The lowest BCUT2D eigenvalue weighted by Crippen LogP contribution is -2.41. The van der Waals surface area contributed by atoms with Crippen molar-refractivity contribution < 1.29 is 19.1 Å². The largest absolute Gasteiger partial charge is 0.491 e. The molecule has 26 heavy (non-hydrogen) atoms. The lowest BCUT2D eigenvalue weighted by molar-refractivity contribution is 0.0550. The lowest BCUT2D eigenvalue weighted by Gasteiger charge is -2.24. The van der Waals surface area contributed by atoms with Crippen molar-refractivity contribution >= 4 is 17.6 Å². The van der Waals surface area contributed by atoms with Gasteiger partial charge in [-0.25, -0.2) is 0 Å². The van der Waals surface area contributed by atoms with Gasteiger partial charge in [0.05, 0.1) is 17.2 Å². The Hall–Kier alpha value is -2.95. The lowest BCUT2D eigenvalue weighted by atomic mass is 10.0. The van der Waals surface area contributed by atoms with Crippen LogP contribution in [0.5, 0.6) is 5.75 Å². The molecule has 1 heterocycles. The van der Waals surface area contributed by atoms with Crippen LogP contribution in [0.15, 0.2) is 36.4 Å². The molecule has 0 saturated carbocycles. The fourth-order valence-corrected chi connectivity index (χ4v) is 3.32. The molecule has 1 atom stereocenters. The summed E-state index contributed by atoms with van der Waals surface area (Å²) in [5.41, 5.74) is 3.14. The Bertz CT molecular complexity index is 881. The third-order valence-electron chi connectivity index (χ3n) is 4.72. The van der Waals surface area contributed by atoms with Crippen LogP contribution in [0.2, 0.25) is 0 Å². The molecule has 0 bridgehead atoms. The Kier molecular flexibility index (Phi) is 4.64. The molecule has 0 fully saturated rings. The zero-order valence-electron chi connectivity index (χ0n) is 15.3. The van der Waals surface area contributed by atoms with Gasteiger partial charge in [0, 0.05) is 11.1 Å². The minimum absolute atomic E-state index is 0.0271. The van der Waals surface area contributed by atoms with Gasteiger partial charge in [-0.2, -0.15) is 0 Å². The molecule has 0 radical (unpaired) electrons. The predicted octanol–water partition coefficient (Wildman–Crippen LogP) is 3.57. The molecule has 0 N–H and O–H groups in total. The molecular weight excluding hydrogens is 330 g/mol. The average molecular weight is 351 g/mol. The van der Waals surface area contributed by atoms with Crippen LogP contribution in [0.4, 0.5) is 0 Å². The molecule has 3 rings (SSSR count). The number of imide groups is 1. The van der Waals surface area contributed by atoms with Gasteiger partial charge in [-0.3, -0.25) is 19.3 Å². The molecule has 0 saturated heterocycles. The summed E-state index contributed by atoms with van der Waals surface area (Å²) in [6, 6.07) is 10.0. The van der Waals surface area contributed by atoms with Crippen LogP contribution in [-0.2, 0) is 0 Å². The topological polar surface area (TPSA) is 63.7 Å². The first-order chi connectivity index (χ1) is 12.3. The van der Waals surface area contributed by atoms with Gasteiger partial charge in [-0.15, -0.1) is 0 Å². The quantitative estimate of drug-likeness (QED) is 0.610. The second-order valence-corrected chi connectivity index (χ2v) is 6.63. The first-order valence-corrected chi connectivity index (χ1v) is 8.53. The number of hydrogen-bond donors (Lipinski definition) is 0. The number of amides is 2. The molecule has 0 spiro atoms.